The van der Waals surface area contributed by atoms with E-state index in [2.05, 4.69) is 34.6 Å². The second kappa shape index (κ2) is 6.18. The lowest BCUT2D eigenvalue weighted by molar-refractivity contribution is -0.128. The van der Waals surface area contributed by atoms with Crippen LogP contribution in [0, 0.1) is 6.92 Å². The van der Waals surface area contributed by atoms with Gasteiger partial charge in [-0.25, -0.2) is 0 Å². The van der Waals surface area contributed by atoms with Gasteiger partial charge in [-0.15, -0.1) is 0 Å². The van der Waals surface area contributed by atoms with E-state index in [0.29, 0.717) is 6.54 Å². The minimum absolute atomic E-state index is 0.0427. The molecule has 2 aromatic rings. The minimum Gasteiger partial charge on any atom is -0.344 e. The van der Waals surface area contributed by atoms with Gasteiger partial charge in [0.25, 0.3) is 0 Å². The number of likely N-dealkylation sites (N-methyl/N-ethyl adjacent to an activating group) is 1. The molecular formula is C18H27N5O. The third kappa shape index (κ3) is 2.91. The Morgan fingerprint density at radius 1 is 1.38 bits per heavy atom. The Kier molecular flexibility index (Phi) is 4.36. The van der Waals surface area contributed by atoms with Gasteiger partial charge in [0, 0.05) is 32.1 Å². The summed E-state index contributed by atoms with van der Waals surface area (Å²) in [5, 5.41) is 12.3. The highest BCUT2D eigenvalue weighted by atomic mass is 16.2. The standard InChI is InChI=1S/C18H27N5O/c1-12-7-6-8-13-15(12)23(5)21-16(13)18(2,3)20-17(24)14-11-19-9-10-22(14)4/h6-8,14,19H,9-11H2,1-5H3,(H,20,24)/t14-/m0/s1. The zero-order chi connectivity index (χ0) is 17.5. The lowest BCUT2D eigenvalue weighted by Crippen LogP contribution is -2.58. The number of rotatable bonds is 3. The van der Waals surface area contributed by atoms with E-state index in [1.807, 2.05) is 38.7 Å². The molecule has 24 heavy (non-hydrogen) atoms. The number of hydrogen-bond acceptors (Lipinski definition) is 4. The predicted molar refractivity (Wildman–Crippen MR) is 95.9 cm³/mol. The van der Waals surface area contributed by atoms with Crippen LogP contribution in [0.4, 0.5) is 0 Å². The maximum absolute atomic E-state index is 12.8. The molecule has 2 heterocycles. The number of nitrogens with zero attached hydrogens (tertiary/aromatic N) is 3. The van der Waals surface area contributed by atoms with Crippen molar-refractivity contribution in [2.24, 2.45) is 7.05 Å². The number of nitrogens with one attached hydrogen (secondary N) is 2. The van der Waals surface area contributed by atoms with E-state index in [4.69, 9.17) is 5.10 Å². The van der Waals surface area contributed by atoms with E-state index in [9.17, 15) is 4.79 Å². The summed E-state index contributed by atoms with van der Waals surface area (Å²) in [7, 11) is 3.95. The van der Waals surface area contributed by atoms with Gasteiger partial charge in [-0.2, -0.15) is 5.10 Å². The lowest BCUT2D eigenvalue weighted by atomic mass is 9.95. The quantitative estimate of drug-likeness (QED) is 0.886. The van der Waals surface area contributed by atoms with E-state index >= 15 is 0 Å². The number of para-hydroxylation sites is 1. The first-order valence-corrected chi connectivity index (χ1v) is 8.47. The lowest BCUT2D eigenvalue weighted by Gasteiger charge is -2.35. The first-order chi connectivity index (χ1) is 11.3. The van der Waals surface area contributed by atoms with Crippen molar-refractivity contribution in [2.75, 3.05) is 26.7 Å². The molecule has 1 aliphatic rings. The Hall–Kier alpha value is -1.92. The molecule has 2 N–H and O–H groups in total. The molecule has 1 fully saturated rings. The van der Waals surface area contributed by atoms with E-state index in [1.165, 1.54) is 5.56 Å². The number of amides is 1. The Morgan fingerprint density at radius 2 is 2.12 bits per heavy atom. The molecule has 0 saturated carbocycles. The zero-order valence-corrected chi connectivity index (χ0v) is 15.2. The molecule has 0 unspecified atom stereocenters. The van der Waals surface area contributed by atoms with E-state index in [0.717, 1.165) is 29.7 Å². The molecule has 6 heteroatoms. The average molecular weight is 329 g/mol. The summed E-state index contributed by atoms with van der Waals surface area (Å²) >= 11 is 0. The largest absolute Gasteiger partial charge is 0.344 e. The number of piperazine rings is 1. The average Bonchev–Trinajstić information content (AvgIpc) is 2.86. The van der Waals surface area contributed by atoms with Gasteiger partial charge in [-0.1, -0.05) is 18.2 Å². The van der Waals surface area contributed by atoms with Crippen LogP contribution in [0.25, 0.3) is 10.9 Å². The van der Waals surface area contributed by atoms with Gasteiger partial charge in [0.1, 0.15) is 6.04 Å². The van der Waals surface area contributed by atoms with Crippen LogP contribution in [0.2, 0.25) is 0 Å². The second-order valence-electron chi connectivity index (χ2n) is 7.26. The van der Waals surface area contributed by atoms with Gasteiger partial charge >= 0.3 is 0 Å². The molecule has 130 valence electrons. The van der Waals surface area contributed by atoms with Crippen molar-refractivity contribution in [1.29, 1.82) is 0 Å². The van der Waals surface area contributed by atoms with Crippen molar-refractivity contribution in [3.05, 3.63) is 29.5 Å². The molecule has 1 aromatic carbocycles. The Morgan fingerprint density at radius 3 is 2.83 bits per heavy atom. The number of carbonyl (C=O) groups excluding carboxylic acids is 1. The third-order valence-electron chi connectivity index (χ3n) is 4.91. The number of carbonyl (C=O) groups is 1. The van der Waals surface area contributed by atoms with Crippen molar-refractivity contribution >= 4 is 16.8 Å². The highest BCUT2D eigenvalue weighted by molar-refractivity contribution is 5.87. The monoisotopic (exact) mass is 329 g/mol. The minimum atomic E-state index is -0.539. The van der Waals surface area contributed by atoms with Crippen LogP contribution in [0.5, 0.6) is 0 Å². The van der Waals surface area contributed by atoms with Crippen molar-refractivity contribution in [1.82, 2.24) is 25.3 Å². The van der Waals surface area contributed by atoms with Crippen LogP contribution in [0.15, 0.2) is 18.2 Å². The van der Waals surface area contributed by atoms with Crippen LogP contribution < -0.4 is 10.6 Å². The van der Waals surface area contributed by atoms with Crippen molar-refractivity contribution in [3.8, 4) is 0 Å². The molecule has 1 saturated heterocycles. The first-order valence-electron chi connectivity index (χ1n) is 8.47. The number of aryl methyl sites for hydroxylation is 2. The van der Waals surface area contributed by atoms with Crippen LogP contribution in [0.3, 0.4) is 0 Å². The van der Waals surface area contributed by atoms with Crippen molar-refractivity contribution in [2.45, 2.75) is 32.4 Å². The summed E-state index contributed by atoms with van der Waals surface area (Å²) in [4.78, 5) is 14.9. The third-order valence-corrected chi connectivity index (χ3v) is 4.91. The summed E-state index contributed by atoms with van der Waals surface area (Å²) in [6.07, 6.45) is 0. The number of hydrogen-bond donors (Lipinski definition) is 2. The van der Waals surface area contributed by atoms with Gasteiger partial charge in [-0.05, 0) is 33.4 Å². The molecule has 0 aliphatic carbocycles. The maximum Gasteiger partial charge on any atom is 0.239 e. The fourth-order valence-corrected chi connectivity index (χ4v) is 3.54. The zero-order valence-electron chi connectivity index (χ0n) is 15.2. The Bertz CT molecular complexity index is 764. The fourth-order valence-electron chi connectivity index (χ4n) is 3.54. The van der Waals surface area contributed by atoms with E-state index < -0.39 is 5.54 Å². The van der Waals surface area contributed by atoms with Crippen molar-refractivity contribution in [3.63, 3.8) is 0 Å². The SMILES string of the molecule is Cc1cccc2c(C(C)(C)NC(=O)[C@@H]3CNCCN3C)nn(C)c12. The molecule has 0 bridgehead atoms. The Balaban J connectivity index is 1.91. The highest BCUT2D eigenvalue weighted by Crippen LogP contribution is 2.29. The van der Waals surface area contributed by atoms with Gasteiger partial charge in [0.05, 0.1) is 16.7 Å². The molecule has 1 atom stereocenters. The highest BCUT2D eigenvalue weighted by Gasteiger charge is 2.33. The van der Waals surface area contributed by atoms with Crippen LogP contribution in [0.1, 0.15) is 25.1 Å². The second-order valence-corrected chi connectivity index (χ2v) is 7.26. The number of aromatic nitrogens is 2. The smallest absolute Gasteiger partial charge is 0.239 e. The molecule has 0 spiro atoms. The van der Waals surface area contributed by atoms with Crippen LogP contribution in [-0.2, 0) is 17.4 Å². The van der Waals surface area contributed by atoms with Gasteiger partial charge in [-0.3, -0.25) is 14.4 Å². The molecular weight excluding hydrogens is 302 g/mol. The van der Waals surface area contributed by atoms with Crippen molar-refractivity contribution < 1.29 is 4.79 Å². The Labute approximate surface area is 143 Å². The summed E-state index contributed by atoms with van der Waals surface area (Å²) in [6, 6.07) is 6.06. The van der Waals surface area contributed by atoms with E-state index in [-0.39, 0.29) is 11.9 Å². The predicted octanol–water partition coefficient (Wildman–Crippen LogP) is 1.14. The summed E-state index contributed by atoms with van der Waals surface area (Å²) in [6.45, 7) is 8.61. The van der Waals surface area contributed by atoms with Gasteiger partial charge < -0.3 is 10.6 Å². The first kappa shape index (κ1) is 16.9. The fraction of sp³-hybridized carbons (Fsp3) is 0.556. The van der Waals surface area contributed by atoms with Gasteiger partial charge in [0.2, 0.25) is 5.91 Å². The summed E-state index contributed by atoms with van der Waals surface area (Å²) in [5.74, 6) is 0.0427. The number of benzene rings is 1. The normalized spacial score (nSPS) is 19.6. The molecule has 0 radical (unpaired) electrons. The van der Waals surface area contributed by atoms with Crippen LogP contribution >= 0.6 is 0 Å². The topological polar surface area (TPSA) is 62.2 Å². The summed E-state index contributed by atoms with van der Waals surface area (Å²) < 4.78 is 1.90. The molecule has 1 aromatic heterocycles. The van der Waals surface area contributed by atoms with E-state index in [1.54, 1.807) is 0 Å². The summed E-state index contributed by atoms with van der Waals surface area (Å²) in [5.41, 5.74) is 2.67. The van der Waals surface area contributed by atoms with Gasteiger partial charge in [0.15, 0.2) is 0 Å². The molecule has 3 rings (SSSR count). The number of fused-ring (bicyclic) bond motifs is 1. The molecule has 6 nitrogen and oxygen atoms in total. The molecule has 1 amide bonds. The van der Waals surface area contributed by atoms with Crippen LogP contribution in [-0.4, -0.2) is 53.3 Å². The maximum atomic E-state index is 12.8. The molecule has 1 aliphatic heterocycles.